The molecule has 14 nitrogen and oxygen atoms in total. The average Bonchev–Trinajstić information content (AvgIpc) is 4.24. The van der Waals surface area contributed by atoms with E-state index in [1.165, 1.54) is 10.7 Å². The number of rotatable bonds is 7. The third-order valence-electron chi connectivity index (χ3n) is 10.6. The standard InChI is InChI=1S/C14H14O5.C13H12O5.C8H7BrO2.C8H7O2.3CH3.Sn/c1-17-14(16)10-7-9(10)13(15)8-2-3-11-12(6-8)19-5-4-18-11;14-12(8-6-9(8)13(15)16)7-1-2-10-11(5-7)18-4-3-17-10;9-6-1-2-7-8(5-6)11-4-3-10-7;1-2-4-8-7(3-1)9-5-6-10-8;;;;/h2-3,6,9-10H,4-5,7H2,1H3;1-2,5,8-9H,3-4,6H2,(H,15,16);1-2,5H,3-4H2;1,3-4H,5-6H2;3*1H3;/t9-,10-;8-,9-;;;;;;/m00....../s1. The van der Waals surface area contributed by atoms with Crippen LogP contribution >= 0.6 is 15.9 Å². The van der Waals surface area contributed by atoms with Gasteiger partial charge in [-0.25, -0.2) is 0 Å². The molecule has 0 spiro atoms. The quantitative estimate of drug-likeness (QED) is 0.114. The molecule has 0 aromatic heterocycles. The number of carbonyl (C=O) groups excluding carboxylic acids is 3. The Bertz CT molecular complexity index is 2310. The van der Waals surface area contributed by atoms with Crippen LogP contribution in [0.5, 0.6) is 46.0 Å². The average molecular weight is 1020 g/mol. The number of hydrogen-bond donors (Lipinski definition) is 1. The molecule has 0 radical (unpaired) electrons. The molecule has 4 atom stereocenters. The number of carbonyl (C=O) groups is 4. The van der Waals surface area contributed by atoms with Crippen LogP contribution in [0, 0.1) is 23.7 Å². The topological polar surface area (TPSA) is 172 Å². The molecule has 62 heavy (non-hydrogen) atoms. The number of Topliss-reactive ketones (excluding diaryl/α,β-unsaturated/α-hetero) is 2. The Morgan fingerprint density at radius 3 is 1.31 bits per heavy atom. The number of carboxylic acids is 1. The van der Waals surface area contributed by atoms with Crippen molar-refractivity contribution in [1.82, 2.24) is 0 Å². The summed E-state index contributed by atoms with van der Waals surface area (Å²) in [6.07, 6.45) is 1.00. The molecule has 0 amide bonds. The van der Waals surface area contributed by atoms with E-state index in [0.29, 0.717) is 99.8 Å². The van der Waals surface area contributed by atoms with Gasteiger partial charge in [-0.15, -0.1) is 0 Å². The van der Waals surface area contributed by atoms with Gasteiger partial charge in [0.1, 0.15) is 39.6 Å². The van der Waals surface area contributed by atoms with Crippen LogP contribution in [0.15, 0.2) is 77.3 Å². The molecule has 16 heteroatoms. The summed E-state index contributed by atoms with van der Waals surface area (Å²) in [5.41, 5.74) is 1.05. The Kier molecular flexibility index (Phi) is 14.4. The summed E-state index contributed by atoms with van der Waals surface area (Å²) < 4.78 is 50.5. The predicted octanol–water partition coefficient (Wildman–Crippen LogP) is 7.03. The molecule has 4 aliphatic heterocycles. The SMILES string of the molecule is Brc1ccc2c(c1)OCCO2.COC(=O)[C@H]1C[C@@H]1C(=O)c1ccc2c(c1)OCCO2.O=C(O)[C@H]1C[C@@H]1C(=O)c1ccc2c(c1)OCCO2.[CH3][Sn]([CH3])([CH3])[c]1ccc2c(c1)OCCO2. The van der Waals surface area contributed by atoms with E-state index in [4.69, 9.17) is 43.0 Å². The van der Waals surface area contributed by atoms with Crippen molar-refractivity contribution in [3.63, 3.8) is 0 Å². The van der Waals surface area contributed by atoms with Crippen molar-refractivity contribution in [2.24, 2.45) is 23.7 Å². The molecule has 1 N–H and O–H groups in total. The summed E-state index contributed by atoms with van der Waals surface area (Å²) in [6, 6.07) is 22.3. The second-order valence-corrected chi connectivity index (χ2v) is 31.5. The number of methoxy groups -OCH3 is 1. The van der Waals surface area contributed by atoms with Crippen molar-refractivity contribution in [2.45, 2.75) is 27.7 Å². The summed E-state index contributed by atoms with van der Waals surface area (Å²) in [5, 5.41) is 8.81. The fraction of sp³-hybridized carbons (Fsp3) is 0.391. The second kappa shape index (κ2) is 19.9. The number of esters is 1. The molecule has 0 saturated heterocycles. The van der Waals surface area contributed by atoms with Gasteiger partial charge in [0.05, 0.1) is 18.9 Å². The zero-order valence-corrected chi connectivity index (χ0v) is 39.4. The van der Waals surface area contributed by atoms with Gasteiger partial charge < -0.3 is 38.3 Å². The van der Waals surface area contributed by atoms with Crippen LogP contribution in [0.2, 0.25) is 14.8 Å². The number of hydrogen-bond acceptors (Lipinski definition) is 13. The molecular weight excluding hydrogens is 975 g/mol. The van der Waals surface area contributed by atoms with Gasteiger partial charge in [0.25, 0.3) is 0 Å². The van der Waals surface area contributed by atoms with Gasteiger partial charge in [0.15, 0.2) is 46.1 Å². The third-order valence-corrected chi connectivity index (χ3v) is 17.0. The number of halogens is 1. The van der Waals surface area contributed by atoms with Crippen LogP contribution in [0.25, 0.3) is 0 Å². The van der Waals surface area contributed by atoms with Crippen LogP contribution in [0.1, 0.15) is 33.6 Å². The normalized spacial score (nSPS) is 20.4. The first-order chi connectivity index (χ1) is 29.8. The molecule has 0 bridgehead atoms. The zero-order valence-electron chi connectivity index (χ0n) is 34.9. The Balaban J connectivity index is 0.000000127. The molecule has 4 aromatic carbocycles. The van der Waals surface area contributed by atoms with Gasteiger partial charge in [-0.05, 0) is 67.4 Å². The molecule has 328 valence electrons. The number of carboxylic acid groups (broad SMARTS) is 1. The minimum absolute atomic E-state index is 0.0348. The van der Waals surface area contributed by atoms with E-state index in [-0.39, 0.29) is 35.3 Å². The third kappa shape index (κ3) is 11.3. The molecular formula is C46H49BrO14Sn. The number of ketones is 2. The Morgan fingerprint density at radius 2 is 0.887 bits per heavy atom. The number of aliphatic carboxylic acids is 1. The molecule has 2 saturated carbocycles. The van der Waals surface area contributed by atoms with Gasteiger partial charge in [-0.1, -0.05) is 15.9 Å². The summed E-state index contributed by atoms with van der Waals surface area (Å²) in [5.74, 6) is 3.10. The van der Waals surface area contributed by atoms with E-state index in [0.717, 1.165) is 27.5 Å². The first kappa shape index (κ1) is 44.9. The first-order valence-electron chi connectivity index (χ1n) is 20.4. The van der Waals surface area contributed by atoms with Crippen LogP contribution in [-0.2, 0) is 14.3 Å². The van der Waals surface area contributed by atoms with Gasteiger partial charge in [-0.2, -0.15) is 0 Å². The van der Waals surface area contributed by atoms with Crippen molar-refractivity contribution in [3.8, 4) is 46.0 Å². The Hall–Kier alpha value is -5.16. The molecule has 4 aromatic rings. The predicted molar refractivity (Wildman–Crippen MR) is 232 cm³/mol. The van der Waals surface area contributed by atoms with Crippen molar-refractivity contribution in [2.75, 3.05) is 60.0 Å². The molecule has 4 heterocycles. The van der Waals surface area contributed by atoms with E-state index < -0.39 is 30.3 Å². The van der Waals surface area contributed by atoms with E-state index in [1.807, 2.05) is 24.3 Å². The fourth-order valence-electron chi connectivity index (χ4n) is 7.00. The van der Waals surface area contributed by atoms with Gasteiger partial charge >= 0.3 is 101 Å². The van der Waals surface area contributed by atoms with Crippen LogP contribution < -0.4 is 41.5 Å². The summed E-state index contributed by atoms with van der Waals surface area (Å²) in [6.45, 7) is 4.61. The van der Waals surface area contributed by atoms with Crippen molar-refractivity contribution in [3.05, 3.63) is 88.4 Å². The number of fused-ring (bicyclic) bond motifs is 4. The summed E-state index contributed by atoms with van der Waals surface area (Å²) in [4.78, 5) is 53.6. The first-order valence-corrected chi connectivity index (χ1v) is 31.2. The minimum atomic E-state index is -1.94. The molecule has 6 aliphatic rings. The Morgan fingerprint density at radius 1 is 0.516 bits per heavy atom. The van der Waals surface area contributed by atoms with E-state index in [9.17, 15) is 19.2 Å². The monoisotopic (exact) mass is 1020 g/mol. The zero-order chi connectivity index (χ0) is 44.0. The maximum absolute atomic E-state index is 12.2. The number of ether oxygens (including phenoxy) is 9. The van der Waals surface area contributed by atoms with E-state index in [1.54, 1.807) is 36.4 Å². The second-order valence-electron chi connectivity index (χ2n) is 16.1. The molecule has 10 rings (SSSR count). The molecule has 0 unspecified atom stereocenters. The van der Waals surface area contributed by atoms with Crippen LogP contribution in [0.4, 0.5) is 0 Å². The van der Waals surface area contributed by atoms with E-state index in [2.05, 4.69) is 47.6 Å². The van der Waals surface area contributed by atoms with Gasteiger partial charge in [-0.3, -0.25) is 19.2 Å². The fourth-order valence-corrected chi connectivity index (χ4v) is 10.6. The maximum atomic E-state index is 12.2. The van der Waals surface area contributed by atoms with Crippen LogP contribution in [-0.4, -0.2) is 107 Å². The summed E-state index contributed by atoms with van der Waals surface area (Å²) >= 11 is 1.41. The summed E-state index contributed by atoms with van der Waals surface area (Å²) in [7, 11) is 1.34. The van der Waals surface area contributed by atoms with Gasteiger partial charge in [0.2, 0.25) is 0 Å². The van der Waals surface area contributed by atoms with E-state index >= 15 is 0 Å². The van der Waals surface area contributed by atoms with Crippen molar-refractivity contribution >= 4 is 61.4 Å². The molecule has 2 fully saturated rings. The number of benzene rings is 4. The van der Waals surface area contributed by atoms with Gasteiger partial charge in [0, 0.05) is 27.4 Å². The Labute approximate surface area is 372 Å². The molecule has 2 aliphatic carbocycles. The van der Waals surface area contributed by atoms with Crippen LogP contribution in [0.3, 0.4) is 0 Å². The van der Waals surface area contributed by atoms with Crippen molar-refractivity contribution < 1.29 is 66.9 Å². The van der Waals surface area contributed by atoms with Crippen molar-refractivity contribution in [1.29, 1.82) is 0 Å².